The molecule has 2 heterocycles. The van der Waals surface area contributed by atoms with Crippen LogP contribution in [0.25, 0.3) is 5.65 Å². The first-order chi connectivity index (χ1) is 9.65. The van der Waals surface area contributed by atoms with E-state index in [2.05, 4.69) is 31.4 Å². The summed E-state index contributed by atoms with van der Waals surface area (Å²) in [6, 6.07) is 9.44. The molecule has 0 aliphatic rings. The Labute approximate surface area is 121 Å². The minimum atomic E-state index is -0.422. The van der Waals surface area contributed by atoms with Crippen LogP contribution >= 0.6 is 15.9 Å². The lowest BCUT2D eigenvalue weighted by Gasteiger charge is -2.04. The van der Waals surface area contributed by atoms with Crippen molar-refractivity contribution in [2.75, 3.05) is 5.32 Å². The van der Waals surface area contributed by atoms with Gasteiger partial charge >= 0.3 is 0 Å². The van der Waals surface area contributed by atoms with Crippen molar-refractivity contribution in [1.29, 1.82) is 0 Å². The highest BCUT2D eigenvalue weighted by molar-refractivity contribution is 9.10. The summed E-state index contributed by atoms with van der Waals surface area (Å²) in [7, 11) is 0. The lowest BCUT2D eigenvalue weighted by Crippen LogP contribution is -2.14. The summed E-state index contributed by atoms with van der Waals surface area (Å²) < 4.78 is 15.0. The van der Waals surface area contributed by atoms with Crippen molar-refractivity contribution in [2.24, 2.45) is 0 Å². The molecule has 0 atom stereocenters. The first-order valence-corrected chi connectivity index (χ1v) is 6.50. The third kappa shape index (κ3) is 2.27. The molecule has 0 radical (unpaired) electrons. The van der Waals surface area contributed by atoms with Gasteiger partial charge in [0.15, 0.2) is 5.65 Å². The lowest BCUT2D eigenvalue weighted by molar-refractivity contribution is 0.102. The number of fused-ring (bicyclic) bond motifs is 1. The number of hydrogen-bond donors (Lipinski definition) is 1. The second-order valence-corrected chi connectivity index (χ2v) is 4.89. The van der Waals surface area contributed by atoms with Gasteiger partial charge in [-0.3, -0.25) is 14.5 Å². The van der Waals surface area contributed by atoms with E-state index < -0.39 is 5.82 Å². The van der Waals surface area contributed by atoms with Crippen LogP contribution in [0.2, 0.25) is 0 Å². The van der Waals surface area contributed by atoms with Crippen molar-refractivity contribution >= 4 is 33.4 Å². The van der Waals surface area contributed by atoms with Gasteiger partial charge in [-0.25, -0.2) is 4.39 Å². The fourth-order valence-electron chi connectivity index (χ4n) is 1.74. The molecule has 2 aromatic heterocycles. The van der Waals surface area contributed by atoms with Crippen molar-refractivity contribution in [2.45, 2.75) is 0 Å². The van der Waals surface area contributed by atoms with E-state index in [4.69, 9.17) is 0 Å². The smallest absolute Gasteiger partial charge is 0.258 e. The monoisotopic (exact) mass is 334 g/mol. The van der Waals surface area contributed by atoms with Crippen LogP contribution in [0.1, 0.15) is 10.4 Å². The number of carbonyl (C=O) groups excluding carboxylic acids is 1. The molecule has 7 heteroatoms. The van der Waals surface area contributed by atoms with Crippen LogP contribution in [0.5, 0.6) is 0 Å². The predicted octanol–water partition coefficient (Wildman–Crippen LogP) is 2.88. The van der Waals surface area contributed by atoms with E-state index >= 15 is 0 Å². The molecule has 0 saturated heterocycles. The summed E-state index contributed by atoms with van der Waals surface area (Å²) in [5, 5.41) is 10.5. The van der Waals surface area contributed by atoms with E-state index in [0.717, 1.165) is 0 Å². The second-order valence-electron chi connectivity index (χ2n) is 4.04. The topological polar surface area (TPSA) is 59.3 Å². The van der Waals surface area contributed by atoms with Gasteiger partial charge in [0.1, 0.15) is 5.82 Å². The number of benzene rings is 1. The van der Waals surface area contributed by atoms with Gasteiger partial charge in [-0.05, 0) is 46.3 Å². The maximum atomic E-state index is 13.1. The summed E-state index contributed by atoms with van der Waals surface area (Å²) in [6.07, 6.45) is 1.74. The molecule has 1 aromatic carbocycles. The van der Waals surface area contributed by atoms with Crippen LogP contribution in [-0.2, 0) is 0 Å². The zero-order chi connectivity index (χ0) is 14.1. The van der Waals surface area contributed by atoms with Crippen molar-refractivity contribution in [3.63, 3.8) is 0 Å². The lowest BCUT2D eigenvalue weighted by atomic mass is 10.2. The third-order valence-electron chi connectivity index (χ3n) is 2.72. The molecule has 0 spiro atoms. The van der Waals surface area contributed by atoms with E-state index in [1.807, 2.05) is 6.07 Å². The molecule has 0 unspecified atom stereocenters. The fourth-order valence-corrected chi connectivity index (χ4v) is 2.12. The third-order valence-corrected chi connectivity index (χ3v) is 3.33. The summed E-state index contributed by atoms with van der Waals surface area (Å²) in [6.45, 7) is 0. The Kier molecular flexibility index (Phi) is 3.19. The first-order valence-electron chi connectivity index (χ1n) is 5.71. The normalized spacial score (nSPS) is 10.7. The van der Waals surface area contributed by atoms with Crippen LogP contribution in [0.15, 0.2) is 47.1 Å². The van der Waals surface area contributed by atoms with Crippen LogP contribution in [-0.4, -0.2) is 20.5 Å². The Morgan fingerprint density at radius 2 is 2.10 bits per heavy atom. The number of nitrogens with zero attached hydrogens (tertiary/aromatic N) is 3. The molecule has 0 saturated carbocycles. The molecule has 5 nitrogen and oxygen atoms in total. The zero-order valence-electron chi connectivity index (χ0n) is 10.0. The maximum Gasteiger partial charge on any atom is 0.258 e. The first kappa shape index (κ1) is 12.7. The minimum Gasteiger partial charge on any atom is -0.290 e. The molecular formula is C13H8BrFN4O. The van der Waals surface area contributed by atoms with E-state index in [0.29, 0.717) is 17.2 Å². The average molecular weight is 335 g/mol. The van der Waals surface area contributed by atoms with Gasteiger partial charge in [0.05, 0.1) is 4.47 Å². The molecule has 1 N–H and O–H groups in total. The molecule has 3 rings (SSSR count). The maximum absolute atomic E-state index is 13.1. The SMILES string of the molecule is O=C(Nc1nnc2ccccn12)c1ccc(F)c(Br)c1. The number of rotatable bonds is 2. The molecule has 0 fully saturated rings. The largest absolute Gasteiger partial charge is 0.290 e. The number of nitrogens with one attached hydrogen (secondary N) is 1. The Hall–Kier alpha value is -2.28. The van der Waals surface area contributed by atoms with Crippen molar-refractivity contribution in [1.82, 2.24) is 14.6 Å². The van der Waals surface area contributed by atoms with Gasteiger partial charge in [0, 0.05) is 11.8 Å². The van der Waals surface area contributed by atoms with E-state index in [1.165, 1.54) is 18.2 Å². The zero-order valence-corrected chi connectivity index (χ0v) is 11.6. The van der Waals surface area contributed by atoms with Crippen molar-refractivity contribution in [3.05, 3.63) is 58.4 Å². The van der Waals surface area contributed by atoms with Crippen molar-refractivity contribution in [3.8, 4) is 0 Å². The van der Waals surface area contributed by atoms with Gasteiger partial charge in [-0.2, -0.15) is 0 Å². The van der Waals surface area contributed by atoms with Gasteiger partial charge in [0.2, 0.25) is 5.95 Å². The molecule has 0 bridgehead atoms. The van der Waals surface area contributed by atoms with Crippen LogP contribution in [0, 0.1) is 5.82 Å². The van der Waals surface area contributed by atoms with Gasteiger partial charge < -0.3 is 0 Å². The number of carbonyl (C=O) groups is 1. The predicted molar refractivity (Wildman–Crippen MR) is 75.0 cm³/mol. The Balaban J connectivity index is 1.90. The number of halogens is 2. The second kappa shape index (κ2) is 5.01. The molecular weight excluding hydrogens is 327 g/mol. The van der Waals surface area contributed by atoms with E-state index in [1.54, 1.807) is 22.7 Å². The summed E-state index contributed by atoms with van der Waals surface area (Å²) in [5.41, 5.74) is 0.953. The summed E-state index contributed by atoms with van der Waals surface area (Å²) in [4.78, 5) is 12.1. The molecule has 20 heavy (non-hydrogen) atoms. The minimum absolute atomic E-state index is 0.233. The van der Waals surface area contributed by atoms with Crippen LogP contribution in [0.4, 0.5) is 10.3 Å². The van der Waals surface area contributed by atoms with Gasteiger partial charge in [-0.1, -0.05) is 6.07 Å². The number of amides is 1. The highest BCUT2D eigenvalue weighted by atomic mass is 79.9. The van der Waals surface area contributed by atoms with E-state index in [9.17, 15) is 9.18 Å². The quantitative estimate of drug-likeness (QED) is 0.783. The molecule has 1 amide bonds. The number of aromatic nitrogens is 3. The fraction of sp³-hybridized carbons (Fsp3) is 0. The Morgan fingerprint density at radius 3 is 2.90 bits per heavy atom. The number of anilines is 1. The molecule has 0 aliphatic heterocycles. The van der Waals surface area contributed by atoms with Crippen LogP contribution < -0.4 is 5.32 Å². The Bertz CT molecular complexity index is 802. The highest BCUT2D eigenvalue weighted by Gasteiger charge is 2.12. The van der Waals surface area contributed by atoms with Gasteiger partial charge in [0.25, 0.3) is 5.91 Å². The highest BCUT2D eigenvalue weighted by Crippen LogP contribution is 2.18. The molecule has 0 aliphatic carbocycles. The average Bonchev–Trinajstić information content (AvgIpc) is 2.85. The van der Waals surface area contributed by atoms with Crippen LogP contribution in [0.3, 0.4) is 0 Å². The number of hydrogen-bond acceptors (Lipinski definition) is 3. The standard InChI is InChI=1S/C13H8BrFN4O/c14-9-7-8(4-5-10(9)15)12(20)16-13-18-17-11-3-1-2-6-19(11)13/h1-7H,(H,16,18,20). The van der Waals surface area contributed by atoms with Gasteiger partial charge in [-0.15, -0.1) is 10.2 Å². The molecule has 100 valence electrons. The Morgan fingerprint density at radius 1 is 1.25 bits per heavy atom. The van der Waals surface area contributed by atoms with E-state index in [-0.39, 0.29) is 10.4 Å². The van der Waals surface area contributed by atoms with Crippen molar-refractivity contribution < 1.29 is 9.18 Å². The summed E-state index contributed by atoms with van der Waals surface area (Å²) in [5.74, 6) is -0.496. The molecule has 3 aromatic rings. The summed E-state index contributed by atoms with van der Waals surface area (Å²) >= 11 is 3.04. The number of pyridine rings is 1.